The number of rotatable bonds is 5. The summed E-state index contributed by atoms with van der Waals surface area (Å²) in [5, 5.41) is 6.01. The van der Waals surface area contributed by atoms with Gasteiger partial charge in [0.15, 0.2) is 0 Å². The summed E-state index contributed by atoms with van der Waals surface area (Å²) in [6, 6.07) is 6.05. The Morgan fingerprint density at radius 2 is 2.24 bits per heavy atom. The minimum absolute atomic E-state index is 0.157. The summed E-state index contributed by atoms with van der Waals surface area (Å²) >= 11 is 1.63. The van der Waals surface area contributed by atoms with Crippen molar-refractivity contribution < 1.29 is 8.94 Å². The second-order valence-corrected chi connectivity index (χ2v) is 5.96. The van der Waals surface area contributed by atoms with Gasteiger partial charge in [0.25, 0.3) is 0 Å². The molecule has 21 heavy (non-hydrogen) atoms. The van der Waals surface area contributed by atoms with Gasteiger partial charge in [0.2, 0.25) is 5.89 Å². The fraction of sp³-hybridized carbons (Fsp3) is 0.333. The third-order valence-electron chi connectivity index (χ3n) is 3.57. The van der Waals surface area contributed by atoms with E-state index in [1.54, 1.807) is 17.6 Å². The molecule has 0 bridgehead atoms. The van der Waals surface area contributed by atoms with Gasteiger partial charge in [0.05, 0.1) is 16.6 Å². The van der Waals surface area contributed by atoms with Crippen LogP contribution in [-0.2, 0) is 6.54 Å². The quantitative estimate of drug-likeness (QED) is 0.715. The van der Waals surface area contributed by atoms with Gasteiger partial charge in [-0.05, 0) is 32.3 Å². The van der Waals surface area contributed by atoms with Crippen molar-refractivity contribution in [1.29, 1.82) is 0 Å². The SMILES string of the molecule is Cc1oc(-c2cccs2)nc1CN(C)C(C)c1ccon1. The third-order valence-corrected chi connectivity index (χ3v) is 4.43. The van der Waals surface area contributed by atoms with Crippen LogP contribution in [0.1, 0.15) is 30.1 Å². The molecule has 0 saturated carbocycles. The van der Waals surface area contributed by atoms with Crippen LogP contribution in [0.5, 0.6) is 0 Å². The minimum Gasteiger partial charge on any atom is -0.440 e. The van der Waals surface area contributed by atoms with Crippen molar-refractivity contribution in [3.8, 4) is 10.8 Å². The molecule has 5 nitrogen and oxygen atoms in total. The van der Waals surface area contributed by atoms with E-state index in [9.17, 15) is 0 Å². The Hall–Kier alpha value is -1.92. The zero-order valence-corrected chi connectivity index (χ0v) is 13.1. The molecule has 1 atom stereocenters. The molecule has 0 aliphatic heterocycles. The molecule has 110 valence electrons. The normalized spacial score (nSPS) is 13.0. The highest BCUT2D eigenvalue weighted by atomic mass is 32.1. The Morgan fingerprint density at radius 1 is 1.38 bits per heavy atom. The summed E-state index contributed by atoms with van der Waals surface area (Å²) in [7, 11) is 2.04. The maximum atomic E-state index is 5.77. The lowest BCUT2D eigenvalue weighted by atomic mass is 10.2. The zero-order chi connectivity index (χ0) is 14.8. The van der Waals surface area contributed by atoms with E-state index in [0.717, 1.165) is 22.0 Å². The summed E-state index contributed by atoms with van der Waals surface area (Å²) in [6.45, 7) is 4.75. The number of hydrogen-bond acceptors (Lipinski definition) is 6. The lowest BCUT2D eigenvalue weighted by Gasteiger charge is -2.21. The first-order valence-corrected chi connectivity index (χ1v) is 7.64. The van der Waals surface area contributed by atoms with Crippen LogP contribution in [0.2, 0.25) is 0 Å². The maximum Gasteiger partial charge on any atom is 0.236 e. The van der Waals surface area contributed by atoms with Crippen LogP contribution < -0.4 is 0 Å². The molecule has 0 saturated heterocycles. The molecule has 0 N–H and O–H groups in total. The van der Waals surface area contributed by atoms with Crippen LogP contribution in [0.25, 0.3) is 10.8 Å². The van der Waals surface area contributed by atoms with Gasteiger partial charge < -0.3 is 8.94 Å². The molecule has 0 radical (unpaired) electrons. The van der Waals surface area contributed by atoms with Crippen molar-refractivity contribution in [3.63, 3.8) is 0 Å². The molecule has 3 aromatic heterocycles. The molecule has 0 aromatic carbocycles. The first kappa shape index (κ1) is 14.0. The minimum atomic E-state index is 0.157. The molecular weight excluding hydrogens is 286 g/mol. The molecule has 3 rings (SSSR count). The summed E-state index contributed by atoms with van der Waals surface area (Å²) in [4.78, 5) is 7.83. The van der Waals surface area contributed by atoms with Crippen LogP contribution >= 0.6 is 11.3 Å². The first-order valence-electron chi connectivity index (χ1n) is 6.76. The van der Waals surface area contributed by atoms with Crippen LogP contribution in [0, 0.1) is 6.92 Å². The number of hydrogen-bond donors (Lipinski definition) is 0. The Labute approximate surface area is 127 Å². The average molecular weight is 303 g/mol. The van der Waals surface area contributed by atoms with E-state index in [1.165, 1.54) is 0 Å². The van der Waals surface area contributed by atoms with E-state index in [-0.39, 0.29) is 6.04 Å². The summed E-state index contributed by atoms with van der Waals surface area (Å²) in [6.07, 6.45) is 1.59. The number of oxazole rings is 1. The topological polar surface area (TPSA) is 55.3 Å². The molecule has 1 unspecified atom stereocenters. The van der Waals surface area contributed by atoms with Gasteiger partial charge in [-0.15, -0.1) is 11.3 Å². The summed E-state index contributed by atoms with van der Waals surface area (Å²) in [5.41, 5.74) is 1.87. The van der Waals surface area contributed by atoms with Crippen LogP contribution in [0.3, 0.4) is 0 Å². The van der Waals surface area contributed by atoms with Crippen LogP contribution in [0.4, 0.5) is 0 Å². The highest BCUT2D eigenvalue weighted by molar-refractivity contribution is 7.13. The van der Waals surface area contributed by atoms with Gasteiger partial charge in [-0.1, -0.05) is 11.2 Å². The largest absolute Gasteiger partial charge is 0.440 e. The van der Waals surface area contributed by atoms with Gasteiger partial charge in [0.1, 0.15) is 17.7 Å². The van der Waals surface area contributed by atoms with Gasteiger partial charge in [-0.25, -0.2) is 4.98 Å². The van der Waals surface area contributed by atoms with Crippen molar-refractivity contribution in [2.45, 2.75) is 26.4 Å². The monoisotopic (exact) mass is 303 g/mol. The van der Waals surface area contributed by atoms with E-state index >= 15 is 0 Å². The van der Waals surface area contributed by atoms with E-state index in [2.05, 4.69) is 22.0 Å². The predicted molar refractivity (Wildman–Crippen MR) is 80.9 cm³/mol. The number of nitrogens with zero attached hydrogens (tertiary/aromatic N) is 3. The average Bonchev–Trinajstić information content (AvgIpc) is 3.20. The van der Waals surface area contributed by atoms with Gasteiger partial charge in [-0.3, -0.25) is 4.90 Å². The Bertz CT molecular complexity index is 689. The summed E-state index contributed by atoms with van der Waals surface area (Å²) in [5.74, 6) is 1.55. The second-order valence-electron chi connectivity index (χ2n) is 5.01. The van der Waals surface area contributed by atoms with Crippen molar-refractivity contribution in [2.75, 3.05) is 7.05 Å². The molecule has 3 aromatic rings. The molecule has 0 amide bonds. The third kappa shape index (κ3) is 2.91. The van der Waals surface area contributed by atoms with Gasteiger partial charge in [-0.2, -0.15) is 0 Å². The first-order chi connectivity index (χ1) is 10.1. The van der Waals surface area contributed by atoms with Crippen LogP contribution in [0.15, 0.2) is 38.8 Å². The van der Waals surface area contributed by atoms with Crippen molar-refractivity contribution in [1.82, 2.24) is 15.0 Å². The summed E-state index contributed by atoms with van der Waals surface area (Å²) < 4.78 is 10.7. The molecule has 3 heterocycles. The molecular formula is C15H17N3O2S. The van der Waals surface area contributed by atoms with Crippen LogP contribution in [-0.4, -0.2) is 22.1 Å². The maximum absolute atomic E-state index is 5.77. The Morgan fingerprint density at radius 3 is 2.90 bits per heavy atom. The number of thiophene rings is 1. The van der Waals surface area contributed by atoms with Gasteiger partial charge in [0, 0.05) is 12.6 Å². The lowest BCUT2D eigenvalue weighted by molar-refractivity contribution is 0.237. The van der Waals surface area contributed by atoms with Crippen molar-refractivity contribution in [3.05, 3.63) is 47.0 Å². The van der Waals surface area contributed by atoms with E-state index in [4.69, 9.17) is 8.94 Å². The van der Waals surface area contributed by atoms with E-state index in [1.807, 2.05) is 37.6 Å². The zero-order valence-electron chi connectivity index (χ0n) is 12.2. The lowest BCUT2D eigenvalue weighted by Crippen LogP contribution is -2.22. The molecule has 6 heteroatoms. The highest BCUT2D eigenvalue weighted by Gasteiger charge is 2.19. The standard InChI is InChI=1S/C15H17N3O2S/c1-10(12-6-7-19-17-12)18(3)9-13-11(2)20-15(16-13)14-5-4-8-21-14/h4-8,10H,9H2,1-3H3. The van der Waals surface area contributed by atoms with E-state index in [0.29, 0.717) is 12.4 Å². The smallest absolute Gasteiger partial charge is 0.236 e. The number of aromatic nitrogens is 2. The molecule has 0 fully saturated rings. The van der Waals surface area contributed by atoms with Crippen molar-refractivity contribution in [2.24, 2.45) is 0 Å². The fourth-order valence-electron chi connectivity index (χ4n) is 2.12. The van der Waals surface area contributed by atoms with Crippen molar-refractivity contribution >= 4 is 11.3 Å². The molecule has 0 aliphatic rings. The highest BCUT2D eigenvalue weighted by Crippen LogP contribution is 2.27. The fourth-order valence-corrected chi connectivity index (χ4v) is 2.77. The van der Waals surface area contributed by atoms with Gasteiger partial charge >= 0.3 is 0 Å². The number of aryl methyl sites for hydroxylation is 1. The second kappa shape index (κ2) is 5.83. The Balaban J connectivity index is 1.76. The Kier molecular flexibility index (Phi) is 3.90. The predicted octanol–water partition coefficient (Wildman–Crippen LogP) is 3.89. The molecule has 0 aliphatic carbocycles. The van der Waals surface area contributed by atoms with E-state index < -0.39 is 0 Å². The molecule has 0 spiro atoms.